The topological polar surface area (TPSA) is 37.4 Å². The van der Waals surface area contributed by atoms with E-state index in [4.69, 9.17) is 0 Å². The van der Waals surface area contributed by atoms with Crippen molar-refractivity contribution in [1.82, 2.24) is 3.93 Å². The van der Waals surface area contributed by atoms with E-state index in [0.29, 0.717) is 12.8 Å². The average molecular weight is 617 g/mol. The third kappa shape index (κ3) is 39.0. The summed E-state index contributed by atoms with van der Waals surface area (Å²) in [7, 11) is 0. The molecule has 15 heteroatoms. The minimum Gasteiger partial charge on any atom is -0.274 e. The van der Waals surface area contributed by atoms with Gasteiger partial charge in [-0.15, -0.1) is 0 Å². The second-order valence-electron chi connectivity index (χ2n) is 1.57. The van der Waals surface area contributed by atoms with Crippen LogP contribution in [0, 0.1) is 415 Å². The monoisotopic (exact) mass is 617 g/mol. The van der Waals surface area contributed by atoms with Crippen LogP contribution in [-0.4, -0.2) is 15.7 Å². The molecule has 132 valence electrons. The van der Waals surface area contributed by atoms with E-state index >= 15 is 0 Å². The van der Waals surface area contributed by atoms with Crippen LogP contribution in [0.1, 0.15) is 12.8 Å². The molecule has 0 aromatic rings. The Morgan fingerprint density at radius 3 is 0.789 bits per heavy atom. The molecule has 0 bridgehead atoms. The second-order valence-corrected chi connectivity index (χ2v) is 2.28. The first-order valence-electron chi connectivity index (χ1n) is 2.23. The van der Waals surface area contributed by atoms with Crippen molar-refractivity contribution in [2.75, 3.05) is 0 Å². The number of carbonyl (C=O) groups excluding carboxylic acids is 2. The molecule has 1 saturated heterocycles. The van der Waals surface area contributed by atoms with E-state index in [1.54, 1.807) is 0 Å². The summed E-state index contributed by atoms with van der Waals surface area (Å²) in [5.41, 5.74) is 0. The molecule has 0 aromatic heterocycles. The SMILES string of the molecule is O=C1CCC(=O)N1Br.[Ar].[Ar].[Ar].[Ar].[Ar].[Ar].[Ar].[Ar].[Ar].[Ar].[Ar]. The third-order valence-electron chi connectivity index (χ3n) is 0.991. The number of carbonyl (C=O) groups is 2. The van der Waals surface area contributed by atoms with Crippen LogP contribution in [0.15, 0.2) is 0 Å². The maximum atomic E-state index is 10.4. The molecule has 0 spiro atoms. The van der Waals surface area contributed by atoms with Crippen LogP contribution in [0.5, 0.6) is 0 Å². The summed E-state index contributed by atoms with van der Waals surface area (Å²) in [5.74, 6) is -0.287. The summed E-state index contributed by atoms with van der Waals surface area (Å²) >= 11 is 2.80. The predicted octanol–water partition coefficient (Wildman–Crippen LogP) is 0.445. The van der Waals surface area contributed by atoms with E-state index in [1.165, 1.54) is 0 Å². The van der Waals surface area contributed by atoms with Crippen molar-refractivity contribution in [3.05, 3.63) is 0 Å². The summed E-state index contributed by atoms with van der Waals surface area (Å²) < 4.78 is 0.979. The smallest absolute Gasteiger partial charge is 0.239 e. The number of hydrogen-bond donors (Lipinski definition) is 0. The molecule has 0 aliphatic carbocycles. The van der Waals surface area contributed by atoms with Crippen LogP contribution >= 0.6 is 16.1 Å². The molecule has 1 fully saturated rings. The summed E-state index contributed by atoms with van der Waals surface area (Å²) in [4.78, 5) is 20.9. The van der Waals surface area contributed by atoms with Crippen LogP contribution in [-0.2, 0) is 9.59 Å². The molecule has 2 amide bonds. The first-order chi connectivity index (χ1) is 3.72. The van der Waals surface area contributed by atoms with Crippen molar-refractivity contribution < 1.29 is 425 Å². The van der Waals surface area contributed by atoms with E-state index in [2.05, 4.69) is 16.1 Å². The molecule has 19 heavy (non-hydrogen) atoms. The molecule has 0 unspecified atom stereocenters. The van der Waals surface area contributed by atoms with Crippen LogP contribution in [0.4, 0.5) is 0 Å². The summed E-state index contributed by atoms with van der Waals surface area (Å²) in [6, 6.07) is 0. The molecular weight excluding hydrogens is 613 g/mol. The standard InChI is InChI=1S/C4H4BrNO2.11Ar/c5-6-3(7)1-2-4(6)8;;;;;;;;;;;/h1-2H2;;;;;;;;;;;. The van der Waals surface area contributed by atoms with E-state index in [1.807, 2.05) is 0 Å². The van der Waals surface area contributed by atoms with Gasteiger partial charge in [-0.3, -0.25) is 9.59 Å². The van der Waals surface area contributed by atoms with Crippen molar-refractivity contribution in [3.8, 4) is 0 Å². The predicted molar refractivity (Wildman–Crippen MR) is 30.0 cm³/mol. The van der Waals surface area contributed by atoms with Crippen LogP contribution in [0.2, 0.25) is 0 Å². The maximum absolute atomic E-state index is 10.4. The van der Waals surface area contributed by atoms with Gasteiger partial charge < -0.3 is 0 Å². The van der Waals surface area contributed by atoms with Gasteiger partial charge in [-0.2, -0.15) is 0 Å². The van der Waals surface area contributed by atoms with E-state index in [0.717, 1.165) is 3.93 Å². The van der Waals surface area contributed by atoms with Gasteiger partial charge >= 0.3 is 0 Å². The molecule has 3 nitrogen and oxygen atoms in total. The normalized spacial score (nSPS) is 8.58. The second kappa shape index (κ2) is 48.8. The largest absolute Gasteiger partial charge is 0.274 e. The van der Waals surface area contributed by atoms with Crippen LogP contribution < -0.4 is 0 Å². The average Bonchev–Trinajstić information content (AvgIpc) is 1.98. The van der Waals surface area contributed by atoms with Gasteiger partial charge in [0.25, 0.3) is 0 Å². The Labute approximate surface area is 452 Å². The molecule has 0 aromatic carbocycles. The fourth-order valence-electron chi connectivity index (χ4n) is 0.549. The van der Waals surface area contributed by atoms with Crippen LogP contribution in [0.25, 0.3) is 0 Å². The van der Waals surface area contributed by atoms with Crippen LogP contribution in [0.3, 0.4) is 0 Å². The van der Waals surface area contributed by atoms with Gasteiger partial charge in [-0.05, 0) is 0 Å². The maximum Gasteiger partial charge on any atom is 0.239 e. The van der Waals surface area contributed by atoms with Crippen molar-refractivity contribution in [2.45, 2.75) is 12.8 Å². The number of imide groups is 1. The molecular formula is C4H4Ar11BrNO2. The molecule has 0 radical (unpaired) electrons. The molecule has 1 rings (SSSR count). The van der Waals surface area contributed by atoms with E-state index in [9.17, 15) is 9.59 Å². The number of nitrogens with zero attached hydrogens (tertiary/aromatic N) is 1. The summed E-state index contributed by atoms with van der Waals surface area (Å²) in [6.07, 6.45) is 0.703. The van der Waals surface area contributed by atoms with Crippen molar-refractivity contribution in [3.63, 3.8) is 0 Å². The Morgan fingerprint density at radius 2 is 0.737 bits per heavy atom. The fourth-order valence-corrected chi connectivity index (χ4v) is 0.904. The zero-order valence-corrected chi connectivity index (χ0v) is 17.3. The van der Waals surface area contributed by atoms with Crippen molar-refractivity contribution in [2.24, 2.45) is 0 Å². The first-order valence-corrected chi connectivity index (χ1v) is 2.94. The quantitative estimate of drug-likeness (QED) is 0.293. The Hall–Kier alpha value is 13.5. The Kier molecular flexibility index (Phi) is 179. The van der Waals surface area contributed by atoms with Crippen molar-refractivity contribution in [1.29, 1.82) is 0 Å². The number of amides is 2. The van der Waals surface area contributed by atoms with Gasteiger partial charge in [-0.1, -0.05) is 0 Å². The van der Waals surface area contributed by atoms with Gasteiger partial charge in [0, 0.05) is 428 Å². The zero-order valence-electron chi connectivity index (χ0n) is 7.94. The van der Waals surface area contributed by atoms with E-state index in [-0.39, 0.29) is 427 Å². The minimum absolute atomic E-state index is 0. The van der Waals surface area contributed by atoms with E-state index < -0.39 is 0 Å². The molecule has 0 saturated carbocycles. The molecule has 0 atom stereocenters. The number of rotatable bonds is 0. The number of hydrogen-bond acceptors (Lipinski definition) is 2. The van der Waals surface area contributed by atoms with Gasteiger partial charge in [0.15, 0.2) is 0 Å². The van der Waals surface area contributed by atoms with Crippen molar-refractivity contribution >= 4 is 28.0 Å². The van der Waals surface area contributed by atoms with Gasteiger partial charge in [0.2, 0.25) is 11.8 Å². The fraction of sp³-hybridized carbons (Fsp3) is 0.500. The van der Waals surface area contributed by atoms with Gasteiger partial charge in [0.1, 0.15) is 0 Å². The Morgan fingerprint density at radius 1 is 0.579 bits per heavy atom. The van der Waals surface area contributed by atoms with Gasteiger partial charge in [0.05, 0.1) is 16.1 Å². The molecule has 0 N–H and O–H groups in total. The first kappa shape index (κ1) is 69.8. The molecule has 1 aliphatic heterocycles. The third-order valence-corrected chi connectivity index (χ3v) is 1.78. The summed E-state index contributed by atoms with van der Waals surface area (Å²) in [5, 5.41) is 0. The Balaban J connectivity index is -0.00000000646. The number of halogens is 1. The molecule has 1 aliphatic rings. The minimum atomic E-state index is -0.144. The van der Waals surface area contributed by atoms with Gasteiger partial charge in [-0.25, -0.2) is 3.93 Å². The zero-order chi connectivity index (χ0) is 6.15. The molecule has 1 heterocycles. The Bertz CT molecular complexity index is 148. The summed E-state index contributed by atoms with van der Waals surface area (Å²) in [6.45, 7) is 0.